The monoisotopic (exact) mass is 280 g/mol. The average molecular weight is 280 g/mol. The largest absolute Gasteiger partial charge is 0.343 e. The fourth-order valence-electron chi connectivity index (χ4n) is 1.79. The second kappa shape index (κ2) is 5.51. The third-order valence-corrected chi connectivity index (χ3v) is 2.76. The second-order valence-corrected chi connectivity index (χ2v) is 4.30. The van der Waals surface area contributed by atoms with Crippen LogP contribution in [0.5, 0.6) is 0 Å². The Morgan fingerprint density at radius 1 is 1.30 bits per heavy atom. The Morgan fingerprint density at radius 3 is 2.75 bits per heavy atom. The molecule has 0 bridgehead atoms. The summed E-state index contributed by atoms with van der Waals surface area (Å²) in [6.45, 7) is -0.410. The first-order valence-electron chi connectivity index (χ1n) is 5.89. The van der Waals surface area contributed by atoms with Crippen molar-refractivity contribution in [3.05, 3.63) is 32.8 Å². The van der Waals surface area contributed by atoms with E-state index in [1.165, 1.54) is 0 Å². The van der Waals surface area contributed by atoms with Crippen molar-refractivity contribution in [1.29, 1.82) is 0 Å². The van der Waals surface area contributed by atoms with Crippen LogP contribution in [0.2, 0.25) is 0 Å². The molecule has 3 N–H and O–H groups in total. The molecule has 1 aliphatic rings. The molecule has 0 radical (unpaired) electrons. The molecule has 0 aromatic carbocycles. The molecule has 0 aliphatic carbocycles. The molecule has 1 unspecified atom stereocenters. The number of hydrogen-bond acceptors (Lipinski definition) is 5. The van der Waals surface area contributed by atoms with Crippen molar-refractivity contribution in [2.24, 2.45) is 0 Å². The van der Waals surface area contributed by atoms with E-state index < -0.39 is 35.5 Å². The van der Waals surface area contributed by atoms with E-state index in [-0.39, 0.29) is 18.7 Å². The summed E-state index contributed by atoms with van der Waals surface area (Å²) >= 11 is 0. The number of carbonyl (C=O) groups excluding carboxylic acids is 3. The fourth-order valence-corrected chi connectivity index (χ4v) is 1.79. The molecule has 1 aromatic heterocycles. The molecule has 2 heterocycles. The van der Waals surface area contributed by atoms with E-state index in [0.717, 1.165) is 16.8 Å². The van der Waals surface area contributed by atoms with Gasteiger partial charge in [0.15, 0.2) is 0 Å². The van der Waals surface area contributed by atoms with E-state index in [2.05, 4.69) is 15.7 Å². The van der Waals surface area contributed by atoms with E-state index in [4.69, 9.17) is 0 Å². The Balaban J connectivity index is 2.01. The maximum atomic E-state index is 11.7. The molecule has 1 aromatic rings. The SMILES string of the molecule is O=C1CCC(NC(=O)Cn2[nH]c(=O)ccc2=O)C(=O)N1. The number of rotatable bonds is 3. The van der Waals surface area contributed by atoms with Crippen molar-refractivity contribution >= 4 is 17.7 Å². The molecule has 1 aliphatic heterocycles. The number of aromatic amines is 1. The van der Waals surface area contributed by atoms with Gasteiger partial charge < -0.3 is 5.32 Å². The van der Waals surface area contributed by atoms with Crippen molar-refractivity contribution in [2.75, 3.05) is 0 Å². The van der Waals surface area contributed by atoms with E-state index in [1.54, 1.807) is 0 Å². The first-order valence-corrected chi connectivity index (χ1v) is 5.89. The lowest BCUT2D eigenvalue weighted by atomic mass is 10.1. The lowest BCUT2D eigenvalue weighted by molar-refractivity contribution is -0.137. The summed E-state index contributed by atoms with van der Waals surface area (Å²) in [5.41, 5.74) is -1.05. The van der Waals surface area contributed by atoms with E-state index in [1.807, 2.05) is 0 Å². The Hall–Kier alpha value is -2.71. The fraction of sp³-hybridized carbons (Fsp3) is 0.364. The van der Waals surface area contributed by atoms with Crippen LogP contribution in [-0.2, 0) is 20.9 Å². The molecule has 106 valence electrons. The molecule has 1 atom stereocenters. The summed E-state index contributed by atoms with van der Waals surface area (Å²) in [5.74, 6) is -1.57. The summed E-state index contributed by atoms with van der Waals surface area (Å²) in [6.07, 6.45) is 0.343. The third kappa shape index (κ3) is 3.19. The predicted molar refractivity (Wildman–Crippen MR) is 65.6 cm³/mol. The van der Waals surface area contributed by atoms with Crippen LogP contribution in [0.1, 0.15) is 12.8 Å². The van der Waals surface area contributed by atoms with Gasteiger partial charge in [-0.3, -0.25) is 34.4 Å². The summed E-state index contributed by atoms with van der Waals surface area (Å²) in [4.78, 5) is 56.6. The van der Waals surface area contributed by atoms with E-state index in [0.29, 0.717) is 0 Å². The quantitative estimate of drug-likeness (QED) is 0.525. The van der Waals surface area contributed by atoms with Gasteiger partial charge in [0.25, 0.3) is 11.1 Å². The highest BCUT2D eigenvalue weighted by Gasteiger charge is 2.27. The van der Waals surface area contributed by atoms with Crippen LogP contribution in [0.25, 0.3) is 0 Å². The highest BCUT2D eigenvalue weighted by molar-refractivity contribution is 6.01. The van der Waals surface area contributed by atoms with Crippen LogP contribution in [0, 0.1) is 0 Å². The molecule has 2 rings (SSSR count). The minimum absolute atomic E-state index is 0.138. The van der Waals surface area contributed by atoms with Crippen LogP contribution in [-0.4, -0.2) is 33.5 Å². The average Bonchev–Trinajstić information content (AvgIpc) is 2.37. The first-order chi connectivity index (χ1) is 9.45. The lowest BCUT2D eigenvalue weighted by Gasteiger charge is -2.21. The summed E-state index contributed by atoms with van der Waals surface area (Å²) < 4.78 is 0.837. The number of nitrogens with one attached hydrogen (secondary N) is 3. The molecule has 0 saturated carbocycles. The summed E-state index contributed by atoms with van der Waals surface area (Å²) in [5, 5.41) is 6.69. The molecular formula is C11H12N4O5. The molecule has 1 fully saturated rings. The van der Waals surface area contributed by atoms with Gasteiger partial charge in [0.05, 0.1) is 0 Å². The van der Waals surface area contributed by atoms with Gasteiger partial charge >= 0.3 is 0 Å². The number of hydrogen-bond donors (Lipinski definition) is 3. The van der Waals surface area contributed by atoms with E-state index >= 15 is 0 Å². The number of H-pyrrole nitrogens is 1. The zero-order valence-corrected chi connectivity index (χ0v) is 10.3. The van der Waals surface area contributed by atoms with Gasteiger partial charge in [-0.05, 0) is 6.42 Å². The highest BCUT2D eigenvalue weighted by Crippen LogP contribution is 2.03. The zero-order chi connectivity index (χ0) is 14.7. The normalized spacial score (nSPS) is 18.5. The van der Waals surface area contributed by atoms with Crippen LogP contribution in [0.3, 0.4) is 0 Å². The number of carbonyl (C=O) groups is 3. The minimum atomic E-state index is -0.814. The Morgan fingerprint density at radius 2 is 2.05 bits per heavy atom. The Kier molecular flexibility index (Phi) is 3.78. The van der Waals surface area contributed by atoms with Crippen molar-refractivity contribution in [3.8, 4) is 0 Å². The molecule has 20 heavy (non-hydrogen) atoms. The van der Waals surface area contributed by atoms with Gasteiger partial charge in [0, 0.05) is 18.6 Å². The molecular weight excluding hydrogens is 268 g/mol. The maximum Gasteiger partial charge on any atom is 0.265 e. The number of imide groups is 1. The minimum Gasteiger partial charge on any atom is -0.343 e. The van der Waals surface area contributed by atoms with Gasteiger partial charge in [-0.15, -0.1) is 0 Å². The van der Waals surface area contributed by atoms with Gasteiger partial charge in [-0.1, -0.05) is 0 Å². The van der Waals surface area contributed by atoms with Gasteiger partial charge in [0.1, 0.15) is 12.6 Å². The maximum absolute atomic E-state index is 11.7. The van der Waals surface area contributed by atoms with Crippen LogP contribution in [0.4, 0.5) is 0 Å². The molecule has 9 nitrogen and oxygen atoms in total. The van der Waals surface area contributed by atoms with Crippen molar-refractivity contribution in [1.82, 2.24) is 20.4 Å². The van der Waals surface area contributed by atoms with Crippen molar-refractivity contribution in [3.63, 3.8) is 0 Å². The van der Waals surface area contributed by atoms with E-state index in [9.17, 15) is 24.0 Å². The topological polar surface area (TPSA) is 130 Å². The lowest BCUT2D eigenvalue weighted by Crippen LogP contribution is -2.53. The van der Waals surface area contributed by atoms with Crippen LogP contribution >= 0.6 is 0 Å². The Bertz CT molecular complexity index is 674. The molecule has 1 saturated heterocycles. The molecule has 3 amide bonds. The van der Waals surface area contributed by atoms with Gasteiger partial charge in [0.2, 0.25) is 17.7 Å². The van der Waals surface area contributed by atoms with Crippen LogP contribution in [0.15, 0.2) is 21.7 Å². The number of amides is 3. The van der Waals surface area contributed by atoms with Crippen molar-refractivity contribution in [2.45, 2.75) is 25.4 Å². The van der Waals surface area contributed by atoms with Crippen LogP contribution < -0.4 is 21.8 Å². The summed E-state index contributed by atoms with van der Waals surface area (Å²) in [7, 11) is 0. The summed E-state index contributed by atoms with van der Waals surface area (Å²) in [6, 6.07) is 1.28. The highest BCUT2D eigenvalue weighted by atomic mass is 16.2. The van der Waals surface area contributed by atoms with Gasteiger partial charge in [-0.25, -0.2) is 4.68 Å². The molecule has 9 heteroatoms. The standard InChI is InChI=1S/C11H12N4O5/c16-7-2-1-6(11(20)13-7)12-9(18)5-15-10(19)4-3-8(17)14-15/h3-4,6H,1-2,5H2,(H,12,18)(H,14,17)(H,13,16,20). The second-order valence-electron chi connectivity index (χ2n) is 4.30. The third-order valence-electron chi connectivity index (χ3n) is 2.76. The van der Waals surface area contributed by atoms with Crippen molar-refractivity contribution < 1.29 is 14.4 Å². The zero-order valence-electron chi connectivity index (χ0n) is 10.3. The number of aromatic nitrogens is 2. The number of piperidine rings is 1. The molecule has 0 spiro atoms. The first kappa shape index (κ1) is 13.7. The smallest absolute Gasteiger partial charge is 0.265 e. The van der Waals surface area contributed by atoms with Gasteiger partial charge in [-0.2, -0.15) is 0 Å². The number of nitrogens with zero attached hydrogens (tertiary/aromatic N) is 1. The predicted octanol–water partition coefficient (Wildman–Crippen LogP) is -2.54. The Labute approximate surface area is 112 Å².